The number of rotatable bonds is 9. The Morgan fingerprint density at radius 1 is 1.05 bits per heavy atom. The van der Waals surface area contributed by atoms with E-state index in [2.05, 4.69) is 88.0 Å². The second-order valence-corrected chi connectivity index (χ2v) is 23.9. The van der Waals surface area contributed by atoms with E-state index < -0.39 is 16.6 Å². The summed E-state index contributed by atoms with van der Waals surface area (Å²) in [7, 11) is -4.11. The number of fused-ring (bicyclic) bond motifs is 1. The molecule has 1 aliphatic rings. The lowest BCUT2D eigenvalue weighted by molar-refractivity contribution is -0.114. The molecule has 0 radical (unpaired) electrons. The van der Waals surface area contributed by atoms with Gasteiger partial charge in [0.05, 0.1) is 19.0 Å². The Hall–Kier alpha value is -2.85. The van der Waals surface area contributed by atoms with Crippen LogP contribution in [0.1, 0.15) is 61.1 Å². The molecule has 3 heterocycles. The quantitative estimate of drug-likeness (QED) is 0.244. The van der Waals surface area contributed by atoms with Gasteiger partial charge in [0.1, 0.15) is 18.1 Å². The molecular weight excluding hydrogens is 581 g/mol. The van der Waals surface area contributed by atoms with E-state index in [1.807, 2.05) is 4.57 Å². The minimum Gasteiger partial charge on any atom is -0.437 e. The van der Waals surface area contributed by atoms with Gasteiger partial charge in [-0.1, -0.05) is 41.5 Å². The number of nitrogens with zero attached hydrogens (tertiary/aromatic N) is 4. The van der Waals surface area contributed by atoms with Crippen LogP contribution in [0.4, 0.5) is 11.6 Å². The summed E-state index contributed by atoms with van der Waals surface area (Å²) < 4.78 is 28.2. The molecular formula is C30H48N6O5Si2. The van der Waals surface area contributed by atoms with E-state index in [1.54, 1.807) is 30.6 Å². The van der Waals surface area contributed by atoms with Crippen LogP contribution in [0, 0.1) is 0 Å². The molecule has 13 heteroatoms. The van der Waals surface area contributed by atoms with Crippen molar-refractivity contribution < 1.29 is 23.1 Å². The van der Waals surface area contributed by atoms with Gasteiger partial charge in [-0.05, 0) is 60.5 Å². The second-order valence-electron chi connectivity index (χ2n) is 14.4. The van der Waals surface area contributed by atoms with Gasteiger partial charge in [0.15, 0.2) is 27.8 Å². The van der Waals surface area contributed by atoms with Crippen LogP contribution in [-0.4, -0.2) is 60.9 Å². The Labute approximate surface area is 257 Å². The van der Waals surface area contributed by atoms with Gasteiger partial charge in [-0.2, -0.15) is 9.97 Å². The van der Waals surface area contributed by atoms with Crippen LogP contribution in [0.5, 0.6) is 11.6 Å². The van der Waals surface area contributed by atoms with E-state index >= 15 is 0 Å². The number of ether oxygens (including phenoxy) is 2. The van der Waals surface area contributed by atoms with Gasteiger partial charge in [0.25, 0.3) is 5.88 Å². The van der Waals surface area contributed by atoms with Gasteiger partial charge in [-0.3, -0.25) is 9.36 Å². The normalized spacial score (nSPS) is 20.0. The molecule has 0 spiro atoms. The van der Waals surface area contributed by atoms with Crippen LogP contribution in [0.3, 0.4) is 0 Å². The summed E-state index contributed by atoms with van der Waals surface area (Å²) in [5.41, 5.74) is 7.78. The average molecular weight is 629 g/mol. The third-order valence-electron chi connectivity index (χ3n) is 8.95. The number of amides is 1. The number of nitrogen functional groups attached to an aromatic ring is 1. The number of aromatic nitrogens is 4. The molecule has 1 fully saturated rings. The second kappa shape index (κ2) is 11.9. The molecule has 3 aromatic rings. The van der Waals surface area contributed by atoms with Crippen molar-refractivity contribution in [3.8, 4) is 11.6 Å². The lowest BCUT2D eigenvalue weighted by Gasteiger charge is -2.40. The number of hydrogen-bond donors (Lipinski definition) is 2. The lowest BCUT2D eigenvalue weighted by Crippen LogP contribution is -2.48. The molecule has 0 bridgehead atoms. The highest BCUT2D eigenvalue weighted by Crippen LogP contribution is 2.43. The van der Waals surface area contributed by atoms with Crippen molar-refractivity contribution >= 4 is 45.3 Å². The molecule has 3 N–H and O–H groups in total. The van der Waals surface area contributed by atoms with Gasteiger partial charge in [0.2, 0.25) is 11.9 Å². The van der Waals surface area contributed by atoms with Crippen LogP contribution < -0.4 is 15.8 Å². The number of nitrogens with one attached hydrogen (secondary N) is 1. The third-order valence-corrected chi connectivity index (χ3v) is 18.0. The van der Waals surface area contributed by atoms with E-state index in [4.69, 9.17) is 24.1 Å². The monoisotopic (exact) mass is 628 g/mol. The van der Waals surface area contributed by atoms with Gasteiger partial charge < -0.3 is 29.4 Å². The van der Waals surface area contributed by atoms with Crippen molar-refractivity contribution in [1.29, 1.82) is 0 Å². The molecule has 1 saturated heterocycles. The van der Waals surface area contributed by atoms with Crippen molar-refractivity contribution in [2.75, 3.05) is 17.7 Å². The highest BCUT2D eigenvalue weighted by molar-refractivity contribution is 6.74. The molecule has 0 unspecified atom stereocenters. The first-order valence-corrected chi connectivity index (χ1v) is 20.6. The number of nitrogens with two attached hydrogens (primary N) is 1. The predicted octanol–water partition coefficient (Wildman–Crippen LogP) is 6.86. The minimum absolute atomic E-state index is 0.0475. The number of carbonyl (C=O) groups excluding carboxylic acids is 1. The van der Waals surface area contributed by atoms with Crippen LogP contribution in [-0.2, 0) is 18.4 Å². The van der Waals surface area contributed by atoms with E-state index in [-0.39, 0.29) is 46.2 Å². The van der Waals surface area contributed by atoms with E-state index in [0.717, 1.165) is 0 Å². The number of carbonyl (C=O) groups is 1. The minimum atomic E-state index is -2.10. The molecule has 3 atom stereocenters. The van der Waals surface area contributed by atoms with Crippen molar-refractivity contribution in [2.45, 2.75) is 110 Å². The number of hydrogen-bond acceptors (Lipinski definition) is 9. The fourth-order valence-electron chi connectivity index (χ4n) is 4.32. The lowest BCUT2D eigenvalue weighted by atomic mass is 10.2. The SMILES string of the molecule is CC(=O)Nc1ccc(Oc2nc(N)nc3c2ncn3[C@H]2C[C@H](O[Si](C)(C)C(C)(C)C)[C@@H](CO[Si](C)(C)C(C)(C)C)O2)cc1. The Balaban J connectivity index is 1.62. The molecule has 2 aromatic heterocycles. The molecule has 1 aromatic carbocycles. The molecule has 0 saturated carbocycles. The molecule has 4 rings (SSSR count). The maximum atomic E-state index is 11.4. The molecule has 1 aliphatic heterocycles. The van der Waals surface area contributed by atoms with Crippen molar-refractivity contribution in [3.63, 3.8) is 0 Å². The van der Waals surface area contributed by atoms with Gasteiger partial charge in [-0.25, -0.2) is 4.98 Å². The standard InChI is InChI=1S/C30H48N6O5Si2/c1-19(37)33-20-12-14-21(15-13-20)39-27-25-26(34-28(31)35-27)36(18-32-25)24-16-22(41-43(10,11)30(5,6)7)23(40-24)17-38-42(8,9)29(2,3)4/h12-15,18,22-24H,16-17H2,1-11H3,(H,33,37)(H2,31,34,35)/t22-,23+,24+/m0/s1. The fraction of sp³-hybridized carbons (Fsp3) is 0.600. The summed E-state index contributed by atoms with van der Waals surface area (Å²) in [6, 6.07) is 6.97. The van der Waals surface area contributed by atoms with Gasteiger partial charge in [0, 0.05) is 19.0 Å². The fourth-order valence-corrected chi connectivity index (χ4v) is 6.69. The Bertz CT molecular complexity index is 1450. The smallest absolute Gasteiger partial charge is 0.252 e. The zero-order valence-electron chi connectivity index (χ0n) is 27.4. The summed E-state index contributed by atoms with van der Waals surface area (Å²) >= 11 is 0. The first kappa shape index (κ1) is 33.1. The molecule has 1 amide bonds. The van der Waals surface area contributed by atoms with Crippen molar-refractivity contribution in [3.05, 3.63) is 30.6 Å². The Morgan fingerprint density at radius 3 is 2.26 bits per heavy atom. The number of benzene rings is 1. The van der Waals surface area contributed by atoms with E-state index in [0.29, 0.717) is 35.6 Å². The van der Waals surface area contributed by atoms with Gasteiger partial charge in [-0.15, -0.1) is 0 Å². The maximum absolute atomic E-state index is 11.4. The van der Waals surface area contributed by atoms with E-state index in [9.17, 15) is 4.79 Å². The largest absolute Gasteiger partial charge is 0.437 e. The first-order valence-electron chi connectivity index (χ1n) is 14.8. The summed E-state index contributed by atoms with van der Waals surface area (Å²) in [5.74, 6) is 0.664. The zero-order chi connectivity index (χ0) is 32.0. The maximum Gasteiger partial charge on any atom is 0.252 e. The van der Waals surface area contributed by atoms with Crippen LogP contribution in [0.2, 0.25) is 36.3 Å². The highest BCUT2D eigenvalue weighted by Gasteiger charge is 2.47. The Morgan fingerprint density at radius 2 is 1.67 bits per heavy atom. The van der Waals surface area contributed by atoms with Gasteiger partial charge >= 0.3 is 0 Å². The van der Waals surface area contributed by atoms with Crippen molar-refractivity contribution in [1.82, 2.24) is 19.5 Å². The number of imidazole rings is 1. The van der Waals surface area contributed by atoms with Crippen LogP contribution >= 0.6 is 0 Å². The third kappa shape index (κ3) is 7.45. The average Bonchev–Trinajstić information content (AvgIpc) is 3.46. The van der Waals surface area contributed by atoms with Crippen LogP contribution in [0.15, 0.2) is 30.6 Å². The summed E-state index contributed by atoms with van der Waals surface area (Å²) in [4.78, 5) is 24.8. The summed E-state index contributed by atoms with van der Waals surface area (Å²) in [6.45, 7) is 24.4. The first-order chi connectivity index (χ1) is 19.8. The number of anilines is 2. The molecule has 0 aliphatic carbocycles. The predicted molar refractivity (Wildman–Crippen MR) is 174 cm³/mol. The zero-order valence-corrected chi connectivity index (χ0v) is 29.4. The summed E-state index contributed by atoms with van der Waals surface area (Å²) in [6.07, 6.45) is 1.53. The summed E-state index contributed by atoms with van der Waals surface area (Å²) in [5, 5.41) is 2.87. The van der Waals surface area contributed by atoms with Crippen molar-refractivity contribution in [2.24, 2.45) is 0 Å². The molecule has 43 heavy (non-hydrogen) atoms. The Kier molecular flexibility index (Phi) is 9.16. The van der Waals surface area contributed by atoms with Crippen LogP contribution in [0.25, 0.3) is 11.2 Å². The molecule has 11 nitrogen and oxygen atoms in total. The highest BCUT2D eigenvalue weighted by atomic mass is 28.4. The molecule has 236 valence electrons. The topological polar surface area (TPSA) is 136 Å². The van der Waals surface area contributed by atoms with E-state index in [1.165, 1.54) is 6.92 Å².